The molecular formula is C18H22N6O3. The van der Waals surface area contributed by atoms with Crippen LogP contribution in [0.15, 0.2) is 41.5 Å². The van der Waals surface area contributed by atoms with Gasteiger partial charge in [0.15, 0.2) is 5.69 Å². The van der Waals surface area contributed by atoms with Gasteiger partial charge in [0.25, 0.3) is 11.8 Å². The van der Waals surface area contributed by atoms with E-state index in [2.05, 4.69) is 15.0 Å². The third kappa shape index (κ3) is 6.07. The SMILES string of the molecule is CN(C)C=Cc1nc(N=CN(C)C)nc(OCc2ccccc2)c1[N+](=O)[O-]. The number of hydrogen-bond donors (Lipinski definition) is 0. The Labute approximate surface area is 157 Å². The molecule has 0 aliphatic carbocycles. The van der Waals surface area contributed by atoms with E-state index in [9.17, 15) is 10.1 Å². The highest BCUT2D eigenvalue weighted by Gasteiger charge is 2.25. The number of ether oxygens (including phenoxy) is 1. The van der Waals surface area contributed by atoms with Gasteiger partial charge in [0.2, 0.25) is 0 Å². The van der Waals surface area contributed by atoms with Crippen LogP contribution < -0.4 is 4.74 Å². The summed E-state index contributed by atoms with van der Waals surface area (Å²) in [6.45, 7) is 0.145. The molecule has 9 heteroatoms. The Balaban J connectivity index is 2.47. The van der Waals surface area contributed by atoms with Crippen LogP contribution in [0, 0.1) is 10.1 Å². The molecule has 0 atom stereocenters. The van der Waals surface area contributed by atoms with Crippen molar-refractivity contribution in [2.24, 2.45) is 4.99 Å². The Morgan fingerprint density at radius 2 is 1.85 bits per heavy atom. The maximum absolute atomic E-state index is 11.6. The highest BCUT2D eigenvalue weighted by molar-refractivity contribution is 5.64. The van der Waals surface area contributed by atoms with Crippen LogP contribution in [-0.2, 0) is 6.61 Å². The molecule has 9 nitrogen and oxygen atoms in total. The van der Waals surface area contributed by atoms with E-state index in [-0.39, 0.29) is 29.8 Å². The second-order valence-electron chi connectivity index (χ2n) is 6.08. The van der Waals surface area contributed by atoms with Gasteiger partial charge >= 0.3 is 5.69 Å². The first-order chi connectivity index (χ1) is 12.9. The summed E-state index contributed by atoms with van der Waals surface area (Å²) in [7, 11) is 7.21. The molecule has 27 heavy (non-hydrogen) atoms. The Bertz CT molecular complexity index is 834. The summed E-state index contributed by atoms with van der Waals surface area (Å²) in [6.07, 6.45) is 4.71. The molecule has 0 aliphatic rings. The van der Waals surface area contributed by atoms with Gasteiger partial charge in [0, 0.05) is 34.4 Å². The van der Waals surface area contributed by atoms with Crippen molar-refractivity contribution >= 4 is 24.1 Å². The van der Waals surface area contributed by atoms with E-state index in [1.54, 1.807) is 44.2 Å². The second-order valence-corrected chi connectivity index (χ2v) is 6.08. The number of aromatic nitrogens is 2. The summed E-state index contributed by atoms with van der Waals surface area (Å²) in [4.78, 5) is 27.0. The minimum atomic E-state index is -0.547. The first-order valence-corrected chi connectivity index (χ1v) is 8.15. The fourth-order valence-corrected chi connectivity index (χ4v) is 2.00. The first-order valence-electron chi connectivity index (χ1n) is 8.15. The maximum Gasteiger partial charge on any atom is 0.356 e. The number of rotatable bonds is 8. The van der Waals surface area contributed by atoms with Gasteiger partial charge in [-0.3, -0.25) is 10.1 Å². The molecule has 1 heterocycles. The van der Waals surface area contributed by atoms with Crippen molar-refractivity contribution in [3.63, 3.8) is 0 Å². The van der Waals surface area contributed by atoms with E-state index < -0.39 is 4.92 Å². The molecule has 0 amide bonds. The average Bonchev–Trinajstić information content (AvgIpc) is 2.63. The topological polar surface area (TPSA) is 97.0 Å². The van der Waals surface area contributed by atoms with Crippen LogP contribution in [0.5, 0.6) is 5.88 Å². The standard InChI is InChI=1S/C18H22N6O3/c1-22(2)11-10-15-16(24(25)26)17(21-18(20-15)19-13-23(3)4)27-12-14-8-6-5-7-9-14/h5-11,13H,12H2,1-4H3. The van der Waals surface area contributed by atoms with Crippen LogP contribution >= 0.6 is 0 Å². The molecule has 0 saturated heterocycles. The zero-order valence-corrected chi connectivity index (χ0v) is 15.7. The quantitative estimate of drug-likeness (QED) is 0.305. The molecule has 2 aromatic rings. The summed E-state index contributed by atoms with van der Waals surface area (Å²) in [6, 6.07) is 9.35. The minimum Gasteiger partial charge on any atom is -0.468 e. The largest absolute Gasteiger partial charge is 0.468 e. The Morgan fingerprint density at radius 3 is 2.44 bits per heavy atom. The lowest BCUT2D eigenvalue weighted by molar-refractivity contribution is -0.386. The van der Waals surface area contributed by atoms with Gasteiger partial charge in [-0.05, 0) is 11.6 Å². The van der Waals surface area contributed by atoms with Crippen molar-refractivity contribution in [1.29, 1.82) is 0 Å². The summed E-state index contributed by atoms with van der Waals surface area (Å²) in [5.74, 6) is -0.0427. The van der Waals surface area contributed by atoms with Crippen molar-refractivity contribution in [3.8, 4) is 5.88 Å². The highest BCUT2D eigenvalue weighted by Crippen LogP contribution is 2.31. The van der Waals surface area contributed by atoms with E-state index in [0.29, 0.717) is 0 Å². The first kappa shape index (κ1) is 19.8. The van der Waals surface area contributed by atoms with Crippen molar-refractivity contribution in [1.82, 2.24) is 19.8 Å². The summed E-state index contributed by atoms with van der Waals surface area (Å²) in [5, 5.41) is 11.6. The summed E-state index contributed by atoms with van der Waals surface area (Å²) in [5.41, 5.74) is 0.694. The van der Waals surface area contributed by atoms with Gasteiger partial charge in [0.05, 0.1) is 11.3 Å². The number of benzene rings is 1. The molecule has 1 aromatic carbocycles. The molecule has 0 aliphatic heterocycles. The van der Waals surface area contributed by atoms with Crippen LogP contribution in [0.2, 0.25) is 0 Å². The van der Waals surface area contributed by atoms with Gasteiger partial charge in [-0.15, -0.1) is 0 Å². The normalized spacial score (nSPS) is 11.1. The van der Waals surface area contributed by atoms with Crippen molar-refractivity contribution in [2.75, 3.05) is 28.2 Å². The fraction of sp³-hybridized carbons (Fsp3) is 0.278. The van der Waals surface area contributed by atoms with E-state index >= 15 is 0 Å². The van der Waals surface area contributed by atoms with E-state index in [1.807, 2.05) is 30.3 Å². The lowest BCUT2D eigenvalue weighted by Crippen LogP contribution is -2.08. The van der Waals surface area contributed by atoms with Gasteiger partial charge in [0.1, 0.15) is 6.61 Å². The number of nitro groups is 1. The molecular weight excluding hydrogens is 348 g/mol. The van der Waals surface area contributed by atoms with Crippen LogP contribution in [0.1, 0.15) is 11.3 Å². The fourth-order valence-electron chi connectivity index (χ4n) is 2.00. The molecule has 1 aromatic heterocycles. The smallest absolute Gasteiger partial charge is 0.356 e. The summed E-state index contributed by atoms with van der Waals surface area (Å²) < 4.78 is 5.65. The van der Waals surface area contributed by atoms with Crippen molar-refractivity contribution < 1.29 is 9.66 Å². The molecule has 0 spiro atoms. The molecule has 0 N–H and O–H groups in total. The lowest BCUT2D eigenvalue weighted by atomic mass is 10.2. The highest BCUT2D eigenvalue weighted by atomic mass is 16.6. The van der Waals surface area contributed by atoms with E-state index in [0.717, 1.165) is 5.56 Å². The minimum absolute atomic E-state index is 0.0794. The third-order valence-electron chi connectivity index (χ3n) is 3.20. The molecule has 0 bridgehead atoms. The predicted molar refractivity (Wildman–Crippen MR) is 104 cm³/mol. The average molecular weight is 370 g/mol. The Hall–Kier alpha value is -3.49. The third-order valence-corrected chi connectivity index (χ3v) is 3.20. The van der Waals surface area contributed by atoms with E-state index in [1.165, 1.54) is 12.4 Å². The van der Waals surface area contributed by atoms with Gasteiger partial charge in [-0.1, -0.05) is 30.3 Å². The zero-order valence-electron chi connectivity index (χ0n) is 15.7. The molecule has 0 unspecified atom stereocenters. The number of nitrogens with zero attached hydrogens (tertiary/aromatic N) is 6. The Kier molecular flexibility index (Phi) is 6.81. The van der Waals surface area contributed by atoms with Crippen molar-refractivity contribution in [2.45, 2.75) is 6.61 Å². The van der Waals surface area contributed by atoms with Gasteiger partial charge in [-0.2, -0.15) is 4.98 Å². The van der Waals surface area contributed by atoms with Crippen LogP contribution in [0.25, 0.3) is 6.08 Å². The zero-order chi connectivity index (χ0) is 19.8. The maximum atomic E-state index is 11.6. The molecule has 0 saturated carbocycles. The molecule has 142 valence electrons. The second kappa shape index (κ2) is 9.27. The van der Waals surface area contributed by atoms with Crippen LogP contribution in [0.4, 0.5) is 11.6 Å². The number of hydrogen-bond acceptors (Lipinski definition) is 7. The number of aliphatic imine (C=N–C) groups is 1. The van der Waals surface area contributed by atoms with Gasteiger partial charge < -0.3 is 14.5 Å². The van der Waals surface area contributed by atoms with Gasteiger partial charge in [-0.25, -0.2) is 9.98 Å². The molecule has 0 radical (unpaired) electrons. The lowest BCUT2D eigenvalue weighted by Gasteiger charge is -2.09. The molecule has 2 rings (SSSR count). The summed E-state index contributed by atoms with van der Waals surface area (Å²) >= 11 is 0. The van der Waals surface area contributed by atoms with Crippen molar-refractivity contribution in [3.05, 3.63) is 57.9 Å². The molecule has 0 fully saturated rings. The predicted octanol–water partition coefficient (Wildman–Crippen LogP) is 2.72. The monoisotopic (exact) mass is 370 g/mol. The van der Waals surface area contributed by atoms with Crippen LogP contribution in [0.3, 0.4) is 0 Å². The van der Waals surface area contributed by atoms with E-state index in [4.69, 9.17) is 4.74 Å². The van der Waals surface area contributed by atoms with Crippen LogP contribution in [-0.4, -0.2) is 59.2 Å². The Morgan fingerprint density at radius 1 is 1.15 bits per heavy atom.